The predicted octanol–water partition coefficient (Wildman–Crippen LogP) is 2.42. The summed E-state index contributed by atoms with van der Waals surface area (Å²) in [6.45, 7) is 4.13. The van der Waals surface area contributed by atoms with Gasteiger partial charge in [-0.15, -0.1) is 0 Å². The summed E-state index contributed by atoms with van der Waals surface area (Å²) in [5.74, 6) is 0.842. The standard InChI is InChI=1S/C13H15N3O4/c1-3-19-12-5-4-9(6-11(12)16(17)18)13-10(7-14)8(2)20-15-13/h4-6H,3,7,14H2,1-2H3. The van der Waals surface area contributed by atoms with Crippen LogP contribution in [-0.4, -0.2) is 16.7 Å². The van der Waals surface area contributed by atoms with Crippen LogP contribution in [0.4, 0.5) is 5.69 Å². The van der Waals surface area contributed by atoms with Crippen LogP contribution in [0.2, 0.25) is 0 Å². The van der Waals surface area contributed by atoms with Crippen molar-refractivity contribution in [1.82, 2.24) is 5.16 Å². The highest BCUT2D eigenvalue weighted by Gasteiger charge is 2.20. The number of aryl methyl sites for hydroxylation is 1. The van der Waals surface area contributed by atoms with Gasteiger partial charge in [-0.3, -0.25) is 10.1 Å². The molecule has 0 spiro atoms. The summed E-state index contributed by atoms with van der Waals surface area (Å²) in [4.78, 5) is 10.6. The summed E-state index contributed by atoms with van der Waals surface area (Å²) < 4.78 is 10.3. The van der Waals surface area contributed by atoms with E-state index in [1.54, 1.807) is 26.0 Å². The third-order valence-corrected chi connectivity index (χ3v) is 2.92. The van der Waals surface area contributed by atoms with E-state index in [1.165, 1.54) is 6.07 Å². The van der Waals surface area contributed by atoms with E-state index < -0.39 is 4.92 Å². The second-order valence-electron chi connectivity index (χ2n) is 4.14. The first-order valence-corrected chi connectivity index (χ1v) is 6.15. The lowest BCUT2D eigenvalue weighted by atomic mass is 10.1. The zero-order valence-electron chi connectivity index (χ0n) is 11.3. The second kappa shape index (κ2) is 5.70. The number of rotatable bonds is 5. The van der Waals surface area contributed by atoms with Crippen molar-refractivity contribution in [2.24, 2.45) is 5.73 Å². The highest BCUT2D eigenvalue weighted by molar-refractivity contribution is 5.68. The molecule has 0 aliphatic rings. The van der Waals surface area contributed by atoms with Crippen LogP contribution in [0.3, 0.4) is 0 Å². The predicted molar refractivity (Wildman–Crippen MR) is 72.4 cm³/mol. The molecule has 7 heteroatoms. The van der Waals surface area contributed by atoms with Gasteiger partial charge in [0.2, 0.25) is 0 Å². The maximum absolute atomic E-state index is 11.1. The zero-order chi connectivity index (χ0) is 14.7. The Morgan fingerprint density at radius 2 is 2.25 bits per heavy atom. The van der Waals surface area contributed by atoms with Crippen LogP contribution in [-0.2, 0) is 6.54 Å². The molecule has 0 saturated heterocycles. The molecule has 20 heavy (non-hydrogen) atoms. The minimum atomic E-state index is -0.483. The molecule has 1 aromatic heterocycles. The van der Waals surface area contributed by atoms with Crippen LogP contribution in [0.25, 0.3) is 11.3 Å². The fourth-order valence-electron chi connectivity index (χ4n) is 1.94. The Hall–Kier alpha value is -2.41. The van der Waals surface area contributed by atoms with Crippen molar-refractivity contribution in [1.29, 1.82) is 0 Å². The number of hydrogen-bond donors (Lipinski definition) is 1. The Kier molecular flexibility index (Phi) is 3.99. The number of aromatic nitrogens is 1. The molecule has 0 aliphatic heterocycles. The molecule has 0 atom stereocenters. The van der Waals surface area contributed by atoms with Crippen LogP contribution in [0.15, 0.2) is 22.7 Å². The van der Waals surface area contributed by atoms with Gasteiger partial charge in [-0.1, -0.05) is 5.16 Å². The number of ether oxygens (including phenoxy) is 1. The molecule has 0 bridgehead atoms. The van der Waals surface area contributed by atoms with E-state index >= 15 is 0 Å². The van der Waals surface area contributed by atoms with Gasteiger partial charge in [0.1, 0.15) is 11.5 Å². The van der Waals surface area contributed by atoms with Crippen LogP contribution >= 0.6 is 0 Å². The maximum Gasteiger partial charge on any atom is 0.311 e. The van der Waals surface area contributed by atoms with Crippen LogP contribution in [0.5, 0.6) is 5.75 Å². The van der Waals surface area contributed by atoms with Crippen LogP contribution in [0, 0.1) is 17.0 Å². The quantitative estimate of drug-likeness (QED) is 0.664. The summed E-state index contributed by atoms with van der Waals surface area (Å²) in [7, 11) is 0. The first-order chi connectivity index (χ1) is 9.58. The molecule has 1 aromatic carbocycles. The van der Waals surface area contributed by atoms with Crippen molar-refractivity contribution in [2.75, 3.05) is 6.61 Å². The molecule has 1 heterocycles. The molecule has 2 N–H and O–H groups in total. The lowest BCUT2D eigenvalue weighted by Gasteiger charge is -2.06. The number of benzene rings is 1. The molecule has 0 unspecified atom stereocenters. The first-order valence-electron chi connectivity index (χ1n) is 6.15. The minimum Gasteiger partial charge on any atom is -0.487 e. The second-order valence-corrected chi connectivity index (χ2v) is 4.14. The zero-order valence-corrected chi connectivity index (χ0v) is 11.3. The van der Waals surface area contributed by atoms with E-state index in [9.17, 15) is 10.1 Å². The first kappa shape index (κ1) is 14.0. The van der Waals surface area contributed by atoms with E-state index in [0.29, 0.717) is 23.6 Å². The fraction of sp³-hybridized carbons (Fsp3) is 0.308. The van der Waals surface area contributed by atoms with Crippen molar-refractivity contribution in [3.63, 3.8) is 0 Å². The summed E-state index contributed by atoms with van der Waals surface area (Å²) in [5.41, 5.74) is 7.39. The summed E-state index contributed by atoms with van der Waals surface area (Å²) >= 11 is 0. The average Bonchev–Trinajstić information content (AvgIpc) is 2.80. The number of nitrogens with two attached hydrogens (primary N) is 1. The van der Waals surface area contributed by atoms with E-state index in [2.05, 4.69) is 5.16 Å². The molecule has 0 saturated carbocycles. The maximum atomic E-state index is 11.1. The fourth-order valence-corrected chi connectivity index (χ4v) is 1.94. The Bertz CT molecular complexity index is 637. The largest absolute Gasteiger partial charge is 0.487 e. The van der Waals surface area contributed by atoms with Gasteiger partial charge in [0.15, 0.2) is 5.75 Å². The third-order valence-electron chi connectivity index (χ3n) is 2.92. The number of nitrogens with zero attached hydrogens (tertiary/aromatic N) is 2. The number of nitro groups is 1. The number of hydrogen-bond acceptors (Lipinski definition) is 6. The van der Waals surface area contributed by atoms with Crippen LogP contribution in [0.1, 0.15) is 18.2 Å². The summed E-state index contributed by atoms with van der Waals surface area (Å²) in [6, 6.07) is 4.68. The van der Waals surface area contributed by atoms with E-state index in [0.717, 1.165) is 5.56 Å². The third kappa shape index (κ3) is 2.48. The van der Waals surface area contributed by atoms with Crippen molar-refractivity contribution in [3.05, 3.63) is 39.6 Å². The molecule has 0 fully saturated rings. The Morgan fingerprint density at radius 1 is 1.50 bits per heavy atom. The lowest BCUT2D eigenvalue weighted by Crippen LogP contribution is -2.00. The SMILES string of the molecule is CCOc1ccc(-c2noc(C)c2CN)cc1[N+](=O)[O-]. The molecule has 0 aliphatic carbocycles. The molecule has 2 rings (SSSR count). The van der Waals surface area contributed by atoms with Gasteiger partial charge in [0, 0.05) is 23.7 Å². The summed E-state index contributed by atoms with van der Waals surface area (Å²) in [6.07, 6.45) is 0. The molecule has 7 nitrogen and oxygen atoms in total. The van der Waals surface area contributed by atoms with Gasteiger partial charge in [0.25, 0.3) is 0 Å². The van der Waals surface area contributed by atoms with Gasteiger partial charge in [-0.05, 0) is 26.0 Å². The Morgan fingerprint density at radius 3 is 2.85 bits per heavy atom. The van der Waals surface area contributed by atoms with Crippen molar-refractivity contribution in [2.45, 2.75) is 20.4 Å². The average molecular weight is 277 g/mol. The highest BCUT2D eigenvalue weighted by Crippen LogP contribution is 2.33. The molecule has 0 amide bonds. The lowest BCUT2D eigenvalue weighted by molar-refractivity contribution is -0.385. The minimum absolute atomic E-state index is 0.104. The molecular formula is C13H15N3O4. The van der Waals surface area contributed by atoms with Gasteiger partial charge >= 0.3 is 5.69 Å². The monoisotopic (exact) mass is 277 g/mol. The Balaban J connectivity index is 2.53. The van der Waals surface area contributed by atoms with E-state index in [4.69, 9.17) is 15.0 Å². The number of nitro benzene ring substituents is 1. The van der Waals surface area contributed by atoms with Gasteiger partial charge in [0.05, 0.1) is 11.5 Å². The topological polar surface area (TPSA) is 104 Å². The van der Waals surface area contributed by atoms with Gasteiger partial charge in [-0.25, -0.2) is 0 Å². The van der Waals surface area contributed by atoms with Crippen LogP contribution < -0.4 is 10.5 Å². The molecule has 106 valence electrons. The van der Waals surface area contributed by atoms with Crippen molar-refractivity contribution < 1.29 is 14.2 Å². The molecule has 2 aromatic rings. The van der Waals surface area contributed by atoms with Gasteiger partial charge < -0.3 is 15.0 Å². The Labute approximate surface area is 115 Å². The normalized spacial score (nSPS) is 10.6. The molecule has 0 radical (unpaired) electrons. The van der Waals surface area contributed by atoms with Crippen molar-refractivity contribution >= 4 is 5.69 Å². The van der Waals surface area contributed by atoms with E-state index in [1.807, 2.05) is 0 Å². The highest BCUT2D eigenvalue weighted by atomic mass is 16.6. The molecular weight excluding hydrogens is 262 g/mol. The summed E-state index contributed by atoms with van der Waals surface area (Å²) in [5, 5.41) is 15.0. The van der Waals surface area contributed by atoms with Gasteiger partial charge in [-0.2, -0.15) is 0 Å². The van der Waals surface area contributed by atoms with E-state index in [-0.39, 0.29) is 18.0 Å². The van der Waals surface area contributed by atoms with Crippen molar-refractivity contribution in [3.8, 4) is 17.0 Å². The smallest absolute Gasteiger partial charge is 0.311 e.